The topological polar surface area (TPSA) is 18.5 Å². The summed E-state index contributed by atoms with van der Waals surface area (Å²) in [5.41, 5.74) is 0. The van der Waals surface area contributed by atoms with Crippen molar-refractivity contribution in [2.75, 3.05) is 13.2 Å². The lowest BCUT2D eigenvalue weighted by atomic mass is 9.97. The van der Waals surface area contributed by atoms with Crippen LogP contribution in [-0.4, -0.2) is 19.5 Å². The largest absolute Gasteiger partial charge is 0.353 e. The predicted molar refractivity (Wildman–Crippen MR) is 53.5 cm³/mol. The minimum atomic E-state index is 0.0486. The lowest BCUT2D eigenvalue weighted by Crippen LogP contribution is -2.29. The van der Waals surface area contributed by atoms with Gasteiger partial charge >= 0.3 is 0 Å². The lowest BCUT2D eigenvalue weighted by Gasteiger charge is -2.26. The molecule has 2 unspecified atom stereocenters. The van der Waals surface area contributed by atoms with E-state index in [1.807, 2.05) is 13.8 Å². The highest BCUT2D eigenvalue weighted by Gasteiger charge is 2.31. The van der Waals surface area contributed by atoms with Gasteiger partial charge in [0.1, 0.15) is 0 Å². The third-order valence-corrected chi connectivity index (χ3v) is 2.94. The van der Waals surface area contributed by atoms with Crippen LogP contribution in [0, 0.1) is 11.8 Å². The van der Waals surface area contributed by atoms with Gasteiger partial charge in [0.05, 0.1) is 0 Å². The number of ether oxygens (including phenoxy) is 2. The van der Waals surface area contributed by atoms with Gasteiger partial charge in [-0.15, -0.1) is 0 Å². The van der Waals surface area contributed by atoms with Crippen LogP contribution >= 0.6 is 0 Å². The fraction of sp³-hybridized carbons (Fsp3) is 1.00. The van der Waals surface area contributed by atoms with Crippen molar-refractivity contribution < 1.29 is 9.47 Å². The molecule has 0 saturated heterocycles. The average molecular weight is 186 g/mol. The monoisotopic (exact) mass is 186 g/mol. The maximum Gasteiger partial charge on any atom is 0.160 e. The van der Waals surface area contributed by atoms with E-state index in [0.717, 1.165) is 19.1 Å². The van der Waals surface area contributed by atoms with Gasteiger partial charge in [0.15, 0.2) is 6.29 Å². The summed E-state index contributed by atoms with van der Waals surface area (Å²) in [5, 5.41) is 0. The molecule has 0 spiro atoms. The maximum absolute atomic E-state index is 5.61. The summed E-state index contributed by atoms with van der Waals surface area (Å²) in [4.78, 5) is 0. The van der Waals surface area contributed by atoms with Gasteiger partial charge in [-0.05, 0) is 26.2 Å². The van der Waals surface area contributed by atoms with E-state index in [1.54, 1.807) is 0 Å². The van der Waals surface area contributed by atoms with Gasteiger partial charge in [-0.25, -0.2) is 0 Å². The van der Waals surface area contributed by atoms with Crippen LogP contribution in [0.15, 0.2) is 0 Å². The molecule has 1 saturated carbocycles. The Labute approximate surface area is 81.6 Å². The SMILES string of the molecule is CCOC(OCC)C1CCCC1C. The Kier molecular flexibility index (Phi) is 4.74. The Morgan fingerprint density at radius 3 is 2.15 bits per heavy atom. The second kappa shape index (κ2) is 5.61. The zero-order valence-electron chi connectivity index (χ0n) is 9.08. The fourth-order valence-electron chi connectivity index (χ4n) is 2.20. The van der Waals surface area contributed by atoms with Gasteiger partial charge in [-0.3, -0.25) is 0 Å². The summed E-state index contributed by atoms with van der Waals surface area (Å²) in [6.07, 6.45) is 3.99. The molecule has 1 aliphatic carbocycles. The van der Waals surface area contributed by atoms with E-state index in [0.29, 0.717) is 5.92 Å². The van der Waals surface area contributed by atoms with Gasteiger partial charge in [0.2, 0.25) is 0 Å². The predicted octanol–water partition coefficient (Wildman–Crippen LogP) is 2.82. The summed E-state index contributed by atoms with van der Waals surface area (Å²) in [6, 6.07) is 0. The second-order valence-corrected chi connectivity index (χ2v) is 3.85. The van der Waals surface area contributed by atoms with Crippen molar-refractivity contribution in [3.8, 4) is 0 Å². The molecule has 0 heterocycles. The van der Waals surface area contributed by atoms with Crippen LogP contribution < -0.4 is 0 Å². The van der Waals surface area contributed by atoms with Crippen LogP contribution in [0.3, 0.4) is 0 Å². The fourth-order valence-corrected chi connectivity index (χ4v) is 2.20. The molecule has 1 aliphatic rings. The van der Waals surface area contributed by atoms with Crippen LogP contribution in [0.5, 0.6) is 0 Å². The molecule has 0 aromatic heterocycles. The molecule has 0 N–H and O–H groups in total. The summed E-state index contributed by atoms with van der Waals surface area (Å²) in [7, 11) is 0. The van der Waals surface area contributed by atoms with Crippen molar-refractivity contribution in [1.29, 1.82) is 0 Å². The highest BCUT2D eigenvalue weighted by molar-refractivity contribution is 4.76. The van der Waals surface area contributed by atoms with E-state index in [-0.39, 0.29) is 6.29 Å². The molecular formula is C11H22O2. The van der Waals surface area contributed by atoms with E-state index >= 15 is 0 Å². The highest BCUT2D eigenvalue weighted by Crippen LogP contribution is 2.35. The smallest absolute Gasteiger partial charge is 0.160 e. The normalized spacial score (nSPS) is 28.6. The molecule has 0 aromatic carbocycles. The first-order valence-electron chi connectivity index (χ1n) is 5.52. The minimum absolute atomic E-state index is 0.0486. The third kappa shape index (κ3) is 2.96. The Bertz CT molecular complexity index is 130. The quantitative estimate of drug-likeness (QED) is 0.615. The Morgan fingerprint density at radius 1 is 1.15 bits per heavy atom. The van der Waals surface area contributed by atoms with Crippen LogP contribution in [-0.2, 0) is 9.47 Å². The van der Waals surface area contributed by atoms with Gasteiger partial charge in [0, 0.05) is 19.1 Å². The molecule has 1 fully saturated rings. The van der Waals surface area contributed by atoms with Crippen molar-refractivity contribution in [3.63, 3.8) is 0 Å². The van der Waals surface area contributed by atoms with Crippen LogP contribution in [0.2, 0.25) is 0 Å². The summed E-state index contributed by atoms with van der Waals surface area (Å²) < 4.78 is 11.2. The zero-order chi connectivity index (χ0) is 9.68. The first-order chi connectivity index (χ1) is 6.29. The molecule has 2 atom stereocenters. The maximum atomic E-state index is 5.61. The van der Waals surface area contributed by atoms with Crippen LogP contribution in [0.1, 0.15) is 40.0 Å². The van der Waals surface area contributed by atoms with Crippen molar-refractivity contribution >= 4 is 0 Å². The molecule has 13 heavy (non-hydrogen) atoms. The molecule has 0 amide bonds. The minimum Gasteiger partial charge on any atom is -0.353 e. The van der Waals surface area contributed by atoms with Crippen molar-refractivity contribution in [3.05, 3.63) is 0 Å². The van der Waals surface area contributed by atoms with Gasteiger partial charge in [-0.1, -0.05) is 19.8 Å². The van der Waals surface area contributed by atoms with Crippen LogP contribution in [0.25, 0.3) is 0 Å². The summed E-state index contributed by atoms with van der Waals surface area (Å²) in [5.74, 6) is 1.39. The van der Waals surface area contributed by atoms with Crippen molar-refractivity contribution in [2.45, 2.75) is 46.3 Å². The molecular weight excluding hydrogens is 164 g/mol. The molecule has 0 radical (unpaired) electrons. The molecule has 0 bridgehead atoms. The van der Waals surface area contributed by atoms with E-state index in [4.69, 9.17) is 9.47 Å². The first kappa shape index (κ1) is 11.0. The average Bonchev–Trinajstić information content (AvgIpc) is 2.51. The Hall–Kier alpha value is -0.0800. The summed E-state index contributed by atoms with van der Waals surface area (Å²) >= 11 is 0. The Balaban J connectivity index is 2.42. The van der Waals surface area contributed by atoms with Crippen molar-refractivity contribution in [2.24, 2.45) is 11.8 Å². The molecule has 78 valence electrons. The standard InChI is InChI=1S/C11H22O2/c1-4-12-11(13-5-2)10-8-6-7-9(10)3/h9-11H,4-8H2,1-3H3. The highest BCUT2D eigenvalue weighted by atomic mass is 16.7. The molecule has 2 heteroatoms. The first-order valence-corrected chi connectivity index (χ1v) is 5.52. The second-order valence-electron chi connectivity index (χ2n) is 3.85. The number of hydrogen-bond donors (Lipinski definition) is 0. The van der Waals surface area contributed by atoms with E-state index < -0.39 is 0 Å². The molecule has 2 nitrogen and oxygen atoms in total. The van der Waals surface area contributed by atoms with E-state index in [2.05, 4.69) is 6.92 Å². The van der Waals surface area contributed by atoms with Gasteiger partial charge < -0.3 is 9.47 Å². The Morgan fingerprint density at radius 2 is 1.77 bits per heavy atom. The van der Waals surface area contributed by atoms with Crippen molar-refractivity contribution in [1.82, 2.24) is 0 Å². The van der Waals surface area contributed by atoms with Crippen LogP contribution in [0.4, 0.5) is 0 Å². The van der Waals surface area contributed by atoms with E-state index in [9.17, 15) is 0 Å². The summed E-state index contributed by atoms with van der Waals surface area (Å²) in [6.45, 7) is 7.89. The molecule has 1 rings (SSSR count). The number of rotatable bonds is 5. The number of hydrogen-bond acceptors (Lipinski definition) is 2. The molecule has 0 aromatic rings. The zero-order valence-corrected chi connectivity index (χ0v) is 9.08. The van der Waals surface area contributed by atoms with Gasteiger partial charge in [0.25, 0.3) is 0 Å². The van der Waals surface area contributed by atoms with E-state index in [1.165, 1.54) is 19.3 Å². The third-order valence-electron chi connectivity index (χ3n) is 2.94. The lowest BCUT2D eigenvalue weighted by molar-refractivity contribution is -0.172. The molecule has 0 aliphatic heterocycles. The van der Waals surface area contributed by atoms with Gasteiger partial charge in [-0.2, -0.15) is 0 Å².